The molecule has 1 aliphatic heterocycles. The van der Waals surface area contributed by atoms with Crippen molar-refractivity contribution in [2.24, 2.45) is 0 Å². The molecule has 1 fully saturated rings. The largest absolute Gasteiger partial charge is 0.457 e. The fourth-order valence-electron chi connectivity index (χ4n) is 4.82. The molecule has 5 aromatic rings. The highest BCUT2D eigenvalue weighted by Crippen LogP contribution is 2.38. The Morgan fingerprint density at radius 3 is 2.26 bits per heavy atom. The molecule has 3 heterocycles. The van der Waals surface area contributed by atoms with Gasteiger partial charge in [0.15, 0.2) is 23.3 Å². The van der Waals surface area contributed by atoms with Crippen molar-refractivity contribution < 1.29 is 38.0 Å². The van der Waals surface area contributed by atoms with Crippen LogP contribution in [0.4, 0.5) is 13.2 Å². The van der Waals surface area contributed by atoms with E-state index in [-0.39, 0.29) is 17.1 Å². The van der Waals surface area contributed by atoms with E-state index in [0.717, 1.165) is 16.8 Å². The fourth-order valence-corrected chi connectivity index (χ4v) is 4.82. The molecule has 0 radical (unpaired) electrons. The van der Waals surface area contributed by atoms with Crippen molar-refractivity contribution in [3.63, 3.8) is 0 Å². The van der Waals surface area contributed by atoms with Crippen molar-refractivity contribution in [3.05, 3.63) is 103 Å². The smallest absolute Gasteiger partial charge is 0.194 e. The summed E-state index contributed by atoms with van der Waals surface area (Å²) in [4.78, 5) is 0. The van der Waals surface area contributed by atoms with Crippen LogP contribution in [0.5, 0.6) is 11.5 Å². The van der Waals surface area contributed by atoms with Crippen LogP contribution in [0.3, 0.4) is 0 Å². The van der Waals surface area contributed by atoms with E-state index < -0.39 is 54.5 Å². The van der Waals surface area contributed by atoms with Gasteiger partial charge in [-0.1, -0.05) is 23.4 Å². The molecule has 14 heteroatoms. The van der Waals surface area contributed by atoms with Crippen molar-refractivity contribution in [3.8, 4) is 28.4 Å². The predicted molar refractivity (Wildman–Crippen MR) is 139 cm³/mol. The van der Waals surface area contributed by atoms with Crippen molar-refractivity contribution >= 4 is 0 Å². The topological polar surface area (TPSA) is 141 Å². The highest BCUT2D eigenvalue weighted by Gasteiger charge is 2.48. The van der Waals surface area contributed by atoms with E-state index in [4.69, 9.17) is 9.47 Å². The summed E-state index contributed by atoms with van der Waals surface area (Å²) >= 11 is 0. The number of halogens is 3. The molecule has 0 spiro atoms. The van der Waals surface area contributed by atoms with E-state index in [1.807, 2.05) is 30.3 Å². The third kappa shape index (κ3) is 5.12. The predicted octanol–water partition coefficient (Wildman–Crippen LogP) is 3.13. The first kappa shape index (κ1) is 27.5. The van der Waals surface area contributed by atoms with Crippen molar-refractivity contribution in [1.82, 2.24) is 29.8 Å². The van der Waals surface area contributed by atoms with Gasteiger partial charge in [-0.3, -0.25) is 4.57 Å². The first-order valence-electron chi connectivity index (χ1n) is 12.8. The molecule has 5 atom stereocenters. The van der Waals surface area contributed by atoms with Crippen molar-refractivity contribution in [2.75, 3.05) is 6.61 Å². The summed E-state index contributed by atoms with van der Waals surface area (Å²) in [5.74, 6) is -3.04. The van der Waals surface area contributed by atoms with Crippen LogP contribution in [0.1, 0.15) is 18.0 Å². The maximum atomic E-state index is 13.8. The number of hydrogen-bond donors (Lipinski definition) is 3. The minimum absolute atomic E-state index is 0.0447. The van der Waals surface area contributed by atoms with Gasteiger partial charge in [0.1, 0.15) is 54.0 Å². The molecule has 3 aromatic carbocycles. The molecule has 0 amide bonds. The van der Waals surface area contributed by atoms with E-state index in [9.17, 15) is 28.5 Å². The average Bonchev–Trinajstić information content (AvgIpc) is 3.68. The Morgan fingerprint density at radius 1 is 0.881 bits per heavy atom. The van der Waals surface area contributed by atoms with Crippen LogP contribution in [0.25, 0.3) is 16.9 Å². The first-order chi connectivity index (χ1) is 20.3. The lowest BCUT2D eigenvalue weighted by molar-refractivity contribution is -0.210. The van der Waals surface area contributed by atoms with Crippen LogP contribution >= 0.6 is 0 Å². The van der Waals surface area contributed by atoms with E-state index in [2.05, 4.69) is 20.5 Å². The van der Waals surface area contributed by atoms with Gasteiger partial charge in [0.2, 0.25) is 0 Å². The molecule has 0 bridgehead atoms. The molecule has 42 heavy (non-hydrogen) atoms. The molecular formula is C28H23F3N6O5. The molecule has 2 aromatic heterocycles. The second kappa shape index (κ2) is 11.3. The zero-order valence-electron chi connectivity index (χ0n) is 21.6. The number of nitrogens with zero attached hydrogens (tertiary/aromatic N) is 6. The number of aliphatic hydroxyl groups is 3. The second-order valence-corrected chi connectivity index (χ2v) is 9.56. The molecular weight excluding hydrogens is 557 g/mol. The molecule has 0 saturated carbocycles. The number of ether oxygens (including phenoxy) is 2. The summed E-state index contributed by atoms with van der Waals surface area (Å²) in [5, 5.41) is 48.2. The molecule has 0 unspecified atom stereocenters. The van der Waals surface area contributed by atoms with Gasteiger partial charge >= 0.3 is 0 Å². The Morgan fingerprint density at radius 2 is 1.57 bits per heavy atom. The van der Waals surface area contributed by atoms with E-state index in [1.165, 1.54) is 12.5 Å². The van der Waals surface area contributed by atoms with Gasteiger partial charge in [-0.2, -0.15) is 0 Å². The maximum absolute atomic E-state index is 13.8. The van der Waals surface area contributed by atoms with Crippen molar-refractivity contribution in [1.29, 1.82) is 0 Å². The molecule has 0 aliphatic carbocycles. The van der Waals surface area contributed by atoms with Gasteiger partial charge in [0, 0.05) is 11.3 Å². The number of aliphatic hydroxyl groups excluding tert-OH is 3. The van der Waals surface area contributed by atoms with Crippen LogP contribution in [0, 0.1) is 17.5 Å². The molecule has 1 saturated heterocycles. The van der Waals surface area contributed by atoms with Gasteiger partial charge in [-0.15, -0.1) is 15.3 Å². The third-order valence-electron chi connectivity index (χ3n) is 6.91. The third-order valence-corrected chi connectivity index (χ3v) is 6.91. The quantitative estimate of drug-likeness (QED) is 0.248. The molecule has 11 nitrogen and oxygen atoms in total. The Labute approximate surface area is 236 Å². The second-order valence-electron chi connectivity index (χ2n) is 9.56. The highest BCUT2D eigenvalue weighted by molar-refractivity contribution is 5.58. The number of hydrogen-bond acceptors (Lipinski definition) is 9. The minimum Gasteiger partial charge on any atom is -0.457 e. The summed E-state index contributed by atoms with van der Waals surface area (Å²) in [6.07, 6.45) is -2.70. The summed E-state index contributed by atoms with van der Waals surface area (Å²) in [6, 6.07) is 16.5. The zero-order chi connectivity index (χ0) is 29.4. The standard InChI is InChI=1S/C28H23F3N6O5/c29-19-10-15(11-20(30)23(19)31)21-12-37(35-33-21)24-25(39)22(13-38)42-27(26(24)40)28-34-32-14-36(28)16-6-8-18(9-7-16)41-17-4-2-1-3-5-17/h1-12,14,22,24-27,38-40H,13H2/t22-,24+,25+,26-,27-/m1/s1. The molecule has 1 aliphatic rings. The van der Waals surface area contributed by atoms with Crippen LogP contribution in [-0.2, 0) is 4.74 Å². The average molecular weight is 581 g/mol. The van der Waals surface area contributed by atoms with E-state index in [0.29, 0.717) is 17.2 Å². The Kier molecular flexibility index (Phi) is 7.43. The van der Waals surface area contributed by atoms with Crippen LogP contribution < -0.4 is 4.74 Å². The number of para-hydroxylation sites is 1. The Bertz CT molecular complexity index is 1660. The lowest BCUT2D eigenvalue weighted by Crippen LogP contribution is -2.53. The lowest BCUT2D eigenvalue weighted by Gasteiger charge is -2.41. The summed E-state index contributed by atoms with van der Waals surface area (Å²) in [5.41, 5.74) is 0.456. The number of rotatable bonds is 7. The minimum atomic E-state index is -1.63. The Hall–Kier alpha value is -4.63. The van der Waals surface area contributed by atoms with Crippen molar-refractivity contribution in [2.45, 2.75) is 30.5 Å². The van der Waals surface area contributed by atoms with Crippen LogP contribution in [-0.4, -0.2) is 70.0 Å². The van der Waals surface area contributed by atoms with Gasteiger partial charge in [0.25, 0.3) is 0 Å². The molecule has 3 N–H and O–H groups in total. The van der Waals surface area contributed by atoms with Crippen LogP contribution in [0.15, 0.2) is 79.3 Å². The zero-order valence-corrected chi connectivity index (χ0v) is 21.6. The maximum Gasteiger partial charge on any atom is 0.194 e. The number of benzene rings is 3. The van der Waals surface area contributed by atoms with Gasteiger partial charge < -0.3 is 24.8 Å². The SMILES string of the molecule is OC[C@H]1O[C@@H](c2nncn2-c2ccc(Oc3ccccc3)cc2)[C@H](O)[C@@H](n2cc(-c3cc(F)c(F)c(F)c3)nn2)[C@H]1O. The normalized spacial score (nSPS) is 22.3. The fraction of sp³-hybridized carbons (Fsp3) is 0.214. The monoisotopic (exact) mass is 580 g/mol. The van der Waals surface area contributed by atoms with E-state index in [1.54, 1.807) is 28.8 Å². The molecule has 6 rings (SSSR count). The highest BCUT2D eigenvalue weighted by atomic mass is 19.2. The van der Waals surface area contributed by atoms with E-state index >= 15 is 0 Å². The number of aromatic nitrogens is 6. The van der Waals surface area contributed by atoms with Gasteiger partial charge in [-0.05, 0) is 48.5 Å². The summed E-state index contributed by atoms with van der Waals surface area (Å²) in [7, 11) is 0. The Balaban J connectivity index is 1.29. The van der Waals surface area contributed by atoms with Gasteiger partial charge in [-0.25, -0.2) is 17.9 Å². The van der Waals surface area contributed by atoms with Gasteiger partial charge in [0.05, 0.1) is 12.8 Å². The molecule has 216 valence electrons. The first-order valence-corrected chi connectivity index (χ1v) is 12.8. The summed E-state index contributed by atoms with van der Waals surface area (Å²) in [6.45, 7) is -0.615. The lowest BCUT2D eigenvalue weighted by atomic mass is 9.92. The van der Waals surface area contributed by atoms with Crippen LogP contribution in [0.2, 0.25) is 0 Å². The summed E-state index contributed by atoms with van der Waals surface area (Å²) < 4.78 is 55.4.